The normalized spacial score (nSPS) is 10.6. The summed E-state index contributed by atoms with van der Waals surface area (Å²) in [4.78, 5) is 4.74. The van der Waals surface area contributed by atoms with Crippen molar-refractivity contribution in [3.8, 4) is 17.0 Å². The third kappa shape index (κ3) is 2.46. The van der Waals surface area contributed by atoms with Crippen LogP contribution in [0.4, 0.5) is 5.69 Å². The van der Waals surface area contributed by atoms with E-state index in [2.05, 4.69) is 21.4 Å². The van der Waals surface area contributed by atoms with Crippen LogP contribution in [-0.4, -0.2) is 12.1 Å². The fourth-order valence-corrected chi connectivity index (χ4v) is 2.74. The SMILES string of the molecule is COc1ccc(Br)c2nc(-c3ccccc3)cc(NN)c12. The molecule has 0 spiro atoms. The van der Waals surface area contributed by atoms with Crippen LogP contribution in [0.25, 0.3) is 22.2 Å². The molecule has 0 aliphatic rings. The van der Waals surface area contributed by atoms with Gasteiger partial charge in [0.15, 0.2) is 0 Å². The lowest BCUT2D eigenvalue weighted by Gasteiger charge is -2.13. The standard InChI is InChI=1S/C16H14BrN3O/c1-21-14-8-7-11(17)16-15(14)13(20-18)9-12(19-16)10-5-3-2-4-6-10/h2-9H,18H2,1H3,(H,19,20). The number of halogens is 1. The molecular formula is C16H14BrN3O. The summed E-state index contributed by atoms with van der Waals surface area (Å²) in [6, 6.07) is 15.7. The molecule has 1 aromatic heterocycles. The lowest BCUT2D eigenvalue weighted by Crippen LogP contribution is -2.08. The molecule has 3 rings (SSSR count). The molecule has 0 unspecified atom stereocenters. The smallest absolute Gasteiger partial charge is 0.130 e. The predicted octanol–water partition coefficient (Wildman–Crippen LogP) is 3.96. The molecule has 4 nitrogen and oxygen atoms in total. The Bertz CT molecular complexity index is 790. The molecule has 21 heavy (non-hydrogen) atoms. The van der Waals surface area contributed by atoms with Crippen molar-refractivity contribution in [1.82, 2.24) is 4.98 Å². The first kappa shape index (κ1) is 13.9. The molecule has 0 fully saturated rings. The monoisotopic (exact) mass is 343 g/mol. The minimum absolute atomic E-state index is 0.730. The largest absolute Gasteiger partial charge is 0.496 e. The van der Waals surface area contributed by atoms with Gasteiger partial charge in [-0.25, -0.2) is 4.98 Å². The van der Waals surface area contributed by atoms with Crippen molar-refractivity contribution in [2.24, 2.45) is 5.84 Å². The Labute approximate surface area is 131 Å². The first-order chi connectivity index (χ1) is 10.2. The van der Waals surface area contributed by atoms with Crippen LogP contribution in [0, 0.1) is 0 Å². The van der Waals surface area contributed by atoms with Gasteiger partial charge in [-0.2, -0.15) is 0 Å². The number of fused-ring (bicyclic) bond motifs is 1. The summed E-state index contributed by atoms with van der Waals surface area (Å²) in [5, 5.41) is 0.856. The second kappa shape index (κ2) is 5.71. The van der Waals surface area contributed by atoms with E-state index in [4.69, 9.17) is 15.6 Å². The van der Waals surface area contributed by atoms with Crippen LogP contribution in [0.1, 0.15) is 0 Å². The van der Waals surface area contributed by atoms with Gasteiger partial charge in [0.1, 0.15) is 5.75 Å². The molecule has 106 valence electrons. The fourth-order valence-electron chi connectivity index (χ4n) is 2.32. The van der Waals surface area contributed by atoms with Crippen molar-refractivity contribution < 1.29 is 4.74 Å². The van der Waals surface area contributed by atoms with E-state index >= 15 is 0 Å². The minimum atomic E-state index is 0.730. The van der Waals surface area contributed by atoms with E-state index in [1.165, 1.54) is 0 Å². The van der Waals surface area contributed by atoms with Crippen LogP contribution >= 0.6 is 15.9 Å². The third-order valence-electron chi connectivity index (χ3n) is 3.32. The molecule has 3 aromatic rings. The van der Waals surface area contributed by atoms with Gasteiger partial charge in [-0.1, -0.05) is 30.3 Å². The van der Waals surface area contributed by atoms with Crippen molar-refractivity contribution in [3.63, 3.8) is 0 Å². The Morgan fingerprint density at radius 2 is 1.90 bits per heavy atom. The van der Waals surface area contributed by atoms with E-state index in [9.17, 15) is 0 Å². The molecule has 0 radical (unpaired) electrons. The van der Waals surface area contributed by atoms with Crippen molar-refractivity contribution in [2.75, 3.05) is 12.5 Å². The number of anilines is 1. The van der Waals surface area contributed by atoms with Crippen LogP contribution in [-0.2, 0) is 0 Å². The van der Waals surface area contributed by atoms with Gasteiger partial charge in [0.25, 0.3) is 0 Å². The molecule has 0 amide bonds. The Hall–Kier alpha value is -2.11. The third-order valence-corrected chi connectivity index (χ3v) is 3.96. The average Bonchev–Trinajstić information content (AvgIpc) is 2.55. The van der Waals surface area contributed by atoms with E-state index in [1.807, 2.05) is 48.5 Å². The molecule has 0 aliphatic carbocycles. The molecule has 2 aromatic carbocycles. The number of nitrogen functional groups attached to an aromatic ring is 1. The maximum Gasteiger partial charge on any atom is 0.130 e. The number of hydrogen-bond acceptors (Lipinski definition) is 4. The van der Waals surface area contributed by atoms with Gasteiger partial charge in [-0.3, -0.25) is 5.84 Å². The van der Waals surface area contributed by atoms with Gasteiger partial charge in [0.05, 0.1) is 29.4 Å². The maximum atomic E-state index is 5.69. The van der Waals surface area contributed by atoms with E-state index in [0.29, 0.717) is 0 Å². The number of pyridine rings is 1. The quantitative estimate of drug-likeness (QED) is 0.558. The Balaban J connectivity index is 2.34. The molecular weight excluding hydrogens is 330 g/mol. The van der Waals surface area contributed by atoms with E-state index in [1.54, 1.807) is 7.11 Å². The lowest BCUT2D eigenvalue weighted by molar-refractivity contribution is 0.420. The molecule has 1 heterocycles. The second-order valence-corrected chi connectivity index (χ2v) is 5.39. The molecule has 0 bridgehead atoms. The highest BCUT2D eigenvalue weighted by Gasteiger charge is 2.13. The van der Waals surface area contributed by atoms with E-state index in [-0.39, 0.29) is 0 Å². The number of methoxy groups -OCH3 is 1. The maximum absolute atomic E-state index is 5.69. The molecule has 0 saturated heterocycles. The van der Waals surface area contributed by atoms with Gasteiger partial charge in [0.2, 0.25) is 0 Å². The number of nitrogens with two attached hydrogens (primary N) is 1. The van der Waals surface area contributed by atoms with Crippen molar-refractivity contribution in [1.29, 1.82) is 0 Å². The summed E-state index contributed by atoms with van der Waals surface area (Å²) < 4.78 is 6.31. The summed E-state index contributed by atoms with van der Waals surface area (Å²) in [5.41, 5.74) is 6.21. The molecule has 0 aliphatic heterocycles. The van der Waals surface area contributed by atoms with Gasteiger partial charge < -0.3 is 10.2 Å². The van der Waals surface area contributed by atoms with Gasteiger partial charge in [-0.05, 0) is 34.1 Å². The van der Waals surface area contributed by atoms with Gasteiger partial charge in [0, 0.05) is 10.0 Å². The summed E-state index contributed by atoms with van der Waals surface area (Å²) in [7, 11) is 1.63. The van der Waals surface area contributed by atoms with E-state index in [0.717, 1.165) is 38.1 Å². The van der Waals surface area contributed by atoms with Crippen LogP contribution in [0.5, 0.6) is 5.75 Å². The first-order valence-electron chi connectivity index (χ1n) is 6.44. The predicted molar refractivity (Wildman–Crippen MR) is 89.2 cm³/mol. The zero-order valence-corrected chi connectivity index (χ0v) is 13.0. The van der Waals surface area contributed by atoms with Crippen molar-refractivity contribution in [2.45, 2.75) is 0 Å². The Kier molecular flexibility index (Phi) is 3.77. The summed E-state index contributed by atoms with van der Waals surface area (Å²) >= 11 is 3.54. The number of nitrogens with one attached hydrogen (secondary N) is 1. The number of nitrogens with zero attached hydrogens (tertiary/aromatic N) is 1. The highest BCUT2D eigenvalue weighted by molar-refractivity contribution is 9.10. The van der Waals surface area contributed by atoms with E-state index < -0.39 is 0 Å². The van der Waals surface area contributed by atoms with Crippen LogP contribution in [0.2, 0.25) is 0 Å². The van der Waals surface area contributed by atoms with Crippen LogP contribution in [0.3, 0.4) is 0 Å². The minimum Gasteiger partial charge on any atom is -0.496 e. The van der Waals surface area contributed by atoms with Crippen LogP contribution in [0.15, 0.2) is 53.0 Å². The molecule has 3 N–H and O–H groups in total. The lowest BCUT2D eigenvalue weighted by atomic mass is 10.1. The second-order valence-electron chi connectivity index (χ2n) is 4.54. The molecule has 0 atom stereocenters. The number of benzene rings is 2. The highest BCUT2D eigenvalue weighted by Crippen LogP contribution is 2.37. The number of rotatable bonds is 3. The Morgan fingerprint density at radius 1 is 1.14 bits per heavy atom. The average molecular weight is 344 g/mol. The number of hydrogen-bond donors (Lipinski definition) is 2. The summed E-state index contributed by atoms with van der Waals surface area (Å²) in [5.74, 6) is 6.42. The zero-order chi connectivity index (χ0) is 14.8. The highest BCUT2D eigenvalue weighted by atomic mass is 79.9. The number of ether oxygens (including phenoxy) is 1. The van der Waals surface area contributed by atoms with Crippen molar-refractivity contribution >= 4 is 32.5 Å². The fraction of sp³-hybridized carbons (Fsp3) is 0.0625. The Morgan fingerprint density at radius 3 is 2.57 bits per heavy atom. The van der Waals surface area contributed by atoms with Crippen molar-refractivity contribution in [3.05, 3.63) is 53.0 Å². The molecule has 5 heteroatoms. The van der Waals surface area contributed by atoms with Gasteiger partial charge in [-0.15, -0.1) is 0 Å². The first-order valence-corrected chi connectivity index (χ1v) is 7.23. The number of aromatic nitrogens is 1. The van der Waals surface area contributed by atoms with Gasteiger partial charge >= 0.3 is 0 Å². The van der Waals surface area contributed by atoms with Crippen LogP contribution < -0.4 is 16.0 Å². The number of hydrazine groups is 1. The summed E-state index contributed by atoms with van der Waals surface area (Å²) in [6.07, 6.45) is 0. The molecule has 0 saturated carbocycles. The zero-order valence-electron chi connectivity index (χ0n) is 11.4. The summed E-state index contributed by atoms with van der Waals surface area (Å²) in [6.45, 7) is 0. The topological polar surface area (TPSA) is 60.2 Å².